The number of carbonyl (C=O) groups is 1. The highest BCUT2D eigenvalue weighted by molar-refractivity contribution is 6.10. The molecule has 192 valence electrons. The van der Waals surface area contributed by atoms with Gasteiger partial charge in [-0.05, 0) is 50.5 Å². The number of rotatable bonds is 7. The van der Waals surface area contributed by atoms with Gasteiger partial charge in [0.25, 0.3) is 11.8 Å². The van der Waals surface area contributed by atoms with Gasteiger partial charge in [0.05, 0.1) is 17.4 Å². The number of aromatic nitrogens is 2. The number of nitrogens with zero attached hydrogens (tertiary/aromatic N) is 3. The number of hydrogen-bond donors (Lipinski definition) is 1. The van der Waals surface area contributed by atoms with E-state index in [9.17, 15) is 13.6 Å². The Hall–Kier alpha value is -3.13. The van der Waals surface area contributed by atoms with Gasteiger partial charge in [0.2, 0.25) is 0 Å². The Bertz CT molecular complexity index is 1330. The number of ether oxygens (including phenoxy) is 1. The van der Waals surface area contributed by atoms with Crippen molar-refractivity contribution in [2.45, 2.75) is 65.5 Å². The van der Waals surface area contributed by atoms with Crippen LogP contribution in [0.5, 0.6) is 0 Å². The summed E-state index contributed by atoms with van der Waals surface area (Å²) in [5.74, 6) is -3.33. The van der Waals surface area contributed by atoms with Crippen LogP contribution in [-0.4, -0.2) is 30.3 Å². The van der Waals surface area contributed by atoms with E-state index in [2.05, 4.69) is 15.5 Å². The Kier molecular flexibility index (Phi) is 6.54. The lowest BCUT2D eigenvalue weighted by atomic mass is 9.89. The number of benzene rings is 2. The minimum Gasteiger partial charge on any atom is -0.364 e. The fraction of sp³-hybridized carbons (Fsp3) is 0.464. The van der Waals surface area contributed by atoms with Gasteiger partial charge in [-0.3, -0.25) is 4.79 Å². The minimum atomic E-state index is -2.93. The van der Waals surface area contributed by atoms with Crippen molar-refractivity contribution in [2.24, 2.45) is 5.92 Å². The maximum Gasteiger partial charge on any atom is 0.275 e. The lowest BCUT2D eigenvalue weighted by molar-refractivity contribution is -0.140. The van der Waals surface area contributed by atoms with E-state index in [-0.39, 0.29) is 17.5 Å². The smallest absolute Gasteiger partial charge is 0.275 e. The quantitative estimate of drug-likeness (QED) is 0.410. The van der Waals surface area contributed by atoms with Crippen LogP contribution in [0.15, 0.2) is 30.3 Å². The van der Waals surface area contributed by atoms with Gasteiger partial charge in [0.1, 0.15) is 0 Å². The molecule has 0 saturated carbocycles. The molecule has 0 radical (unpaired) electrons. The highest BCUT2D eigenvalue weighted by Gasteiger charge is 2.49. The van der Waals surface area contributed by atoms with Gasteiger partial charge in [-0.2, -0.15) is 5.10 Å². The van der Waals surface area contributed by atoms with Gasteiger partial charge in [-0.25, -0.2) is 8.78 Å². The average molecular weight is 497 g/mol. The van der Waals surface area contributed by atoms with Crippen molar-refractivity contribution in [3.63, 3.8) is 0 Å². The van der Waals surface area contributed by atoms with Crippen LogP contribution in [0.1, 0.15) is 68.1 Å². The standard InChI is InChI=1S/C28H34F2N4O2/c1-9-27(36-8)23-13-20-18(6)32-33-25(21(20)14-24(23)34(7)26(27)35)31-17(5)19-11-10-12-22(16(19)4)28(29,30)15(2)3/h10-15,17H,9H2,1-8H3,(H,31,33). The molecule has 1 amide bonds. The number of likely N-dealkylation sites (N-methyl/N-ethyl adjacent to an activating group) is 1. The predicted octanol–water partition coefficient (Wildman–Crippen LogP) is 6.40. The Morgan fingerprint density at radius 1 is 1.14 bits per heavy atom. The number of alkyl halides is 2. The van der Waals surface area contributed by atoms with Gasteiger partial charge in [0.15, 0.2) is 11.4 Å². The molecule has 2 aromatic carbocycles. The summed E-state index contributed by atoms with van der Waals surface area (Å²) >= 11 is 0. The van der Waals surface area contributed by atoms with Crippen LogP contribution >= 0.6 is 0 Å². The molecule has 6 nitrogen and oxygen atoms in total. The van der Waals surface area contributed by atoms with Crippen LogP contribution in [0.3, 0.4) is 0 Å². The second-order valence-electron chi connectivity index (χ2n) is 9.96. The van der Waals surface area contributed by atoms with E-state index in [1.807, 2.05) is 39.0 Å². The molecule has 36 heavy (non-hydrogen) atoms. The highest BCUT2D eigenvalue weighted by Crippen LogP contribution is 2.47. The number of methoxy groups -OCH3 is 1. The molecule has 4 rings (SSSR count). The summed E-state index contributed by atoms with van der Waals surface area (Å²) < 4.78 is 35.6. The Balaban J connectivity index is 1.80. The van der Waals surface area contributed by atoms with Crippen LogP contribution in [-0.2, 0) is 21.1 Å². The fourth-order valence-electron chi connectivity index (χ4n) is 5.28. The van der Waals surface area contributed by atoms with E-state index in [4.69, 9.17) is 4.74 Å². The molecular weight excluding hydrogens is 462 g/mol. The number of nitrogens with one attached hydrogen (secondary N) is 1. The zero-order valence-corrected chi connectivity index (χ0v) is 22.2. The van der Waals surface area contributed by atoms with Crippen molar-refractivity contribution in [2.75, 3.05) is 24.4 Å². The second kappa shape index (κ2) is 9.07. The molecule has 1 aliphatic rings. The zero-order chi connectivity index (χ0) is 26.6. The molecule has 2 heterocycles. The molecule has 0 fully saturated rings. The van der Waals surface area contributed by atoms with Crippen molar-refractivity contribution < 1.29 is 18.3 Å². The summed E-state index contributed by atoms with van der Waals surface area (Å²) in [6.45, 7) is 10.5. The van der Waals surface area contributed by atoms with Gasteiger partial charge < -0.3 is 15.0 Å². The maximum absolute atomic E-state index is 14.9. The van der Waals surface area contributed by atoms with Crippen LogP contribution in [0.2, 0.25) is 0 Å². The van der Waals surface area contributed by atoms with E-state index in [1.165, 1.54) is 19.9 Å². The van der Waals surface area contributed by atoms with E-state index in [0.29, 0.717) is 17.8 Å². The molecule has 3 aromatic rings. The number of aryl methyl sites for hydroxylation is 1. The Labute approximate surface area is 211 Å². The topological polar surface area (TPSA) is 67.3 Å². The normalized spacial score (nSPS) is 18.8. The van der Waals surface area contributed by atoms with Crippen molar-refractivity contribution in [1.29, 1.82) is 0 Å². The van der Waals surface area contributed by atoms with Crippen LogP contribution in [0.25, 0.3) is 10.8 Å². The molecule has 2 atom stereocenters. The van der Waals surface area contributed by atoms with Gasteiger partial charge in [-0.1, -0.05) is 39.0 Å². The first-order valence-corrected chi connectivity index (χ1v) is 12.3. The minimum absolute atomic E-state index is 0.0388. The monoisotopic (exact) mass is 496 g/mol. The zero-order valence-electron chi connectivity index (χ0n) is 22.2. The van der Waals surface area contributed by atoms with Crippen molar-refractivity contribution >= 4 is 28.2 Å². The maximum atomic E-state index is 14.9. The molecule has 2 unspecified atom stereocenters. The number of hydrogen-bond acceptors (Lipinski definition) is 5. The number of amides is 1. The summed E-state index contributed by atoms with van der Waals surface area (Å²) in [4.78, 5) is 14.8. The van der Waals surface area contributed by atoms with Gasteiger partial charge in [0, 0.05) is 42.0 Å². The first-order valence-electron chi connectivity index (χ1n) is 12.3. The Morgan fingerprint density at radius 3 is 2.44 bits per heavy atom. The molecule has 0 bridgehead atoms. The molecule has 8 heteroatoms. The third kappa shape index (κ3) is 3.74. The van der Waals surface area contributed by atoms with Gasteiger partial charge >= 0.3 is 0 Å². The SMILES string of the molecule is CCC1(OC)C(=O)N(C)c2cc3c(NC(C)c4cccc(C(F)(F)C(C)C)c4C)nnc(C)c3cc21. The third-order valence-electron chi connectivity index (χ3n) is 7.65. The summed E-state index contributed by atoms with van der Waals surface area (Å²) in [7, 11) is 3.30. The molecule has 0 spiro atoms. The average Bonchev–Trinajstić information content (AvgIpc) is 3.06. The number of halogens is 2. The second-order valence-corrected chi connectivity index (χ2v) is 9.96. The molecule has 1 N–H and O–H groups in total. The van der Waals surface area contributed by atoms with Gasteiger partial charge in [-0.15, -0.1) is 5.10 Å². The summed E-state index contributed by atoms with van der Waals surface area (Å²) in [5, 5.41) is 13.8. The predicted molar refractivity (Wildman–Crippen MR) is 139 cm³/mol. The van der Waals surface area contributed by atoms with E-state index < -0.39 is 17.4 Å². The number of anilines is 2. The van der Waals surface area contributed by atoms with E-state index in [1.54, 1.807) is 32.0 Å². The molecule has 0 saturated heterocycles. The van der Waals surface area contributed by atoms with Crippen LogP contribution in [0, 0.1) is 19.8 Å². The van der Waals surface area contributed by atoms with Crippen molar-refractivity contribution in [1.82, 2.24) is 10.2 Å². The molecule has 1 aromatic heterocycles. The largest absolute Gasteiger partial charge is 0.364 e. The van der Waals surface area contributed by atoms with E-state index >= 15 is 0 Å². The lowest BCUT2D eigenvalue weighted by Crippen LogP contribution is -2.39. The van der Waals surface area contributed by atoms with Crippen LogP contribution in [0.4, 0.5) is 20.3 Å². The number of carbonyl (C=O) groups excluding carboxylic acids is 1. The molecule has 0 aliphatic carbocycles. The highest BCUT2D eigenvalue weighted by atomic mass is 19.3. The fourth-order valence-corrected chi connectivity index (χ4v) is 5.28. The molecular formula is C28H34F2N4O2. The van der Waals surface area contributed by atoms with E-state index in [0.717, 1.165) is 33.3 Å². The lowest BCUT2D eigenvalue weighted by Gasteiger charge is -2.26. The van der Waals surface area contributed by atoms with Crippen molar-refractivity contribution in [3.05, 3.63) is 58.3 Å². The molecule has 1 aliphatic heterocycles. The van der Waals surface area contributed by atoms with Crippen molar-refractivity contribution in [3.8, 4) is 0 Å². The number of fused-ring (bicyclic) bond motifs is 2. The first-order chi connectivity index (χ1) is 16.9. The van der Waals surface area contributed by atoms with Crippen LogP contribution < -0.4 is 10.2 Å². The summed E-state index contributed by atoms with van der Waals surface area (Å²) in [5.41, 5.74) is 2.62. The summed E-state index contributed by atoms with van der Waals surface area (Å²) in [6, 6.07) is 8.62. The first kappa shape index (κ1) is 25.9. The third-order valence-corrected chi connectivity index (χ3v) is 7.65. The summed E-state index contributed by atoms with van der Waals surface area (Å²) in [6.07, 6.45) is 0.501. The Morgan fingerprint density at radius 2 is 1.83 bits per heavy atom.